The summed E-state index contributed by atoms with van der Waals surface area (Å²) in [5.41, 5.74) is 0. The van der Waals surface area contributed by atoms with Gasteiger partial charge in [-0.3, -0.25) is 0 Å². The smallest absolute Gasteiger partial charge is 0.119 e. The number of aliphatic hydroxyl groups excluding tert-OH is 1. The summed E-state index contributed by atoms with van der Waals surface area (Å²) in [5.74, 6) is 0.841. The summed E-state index contributed by atoms with van der Waals surface area (Å²) in [4.78, 5) is 0. The van der Waals surface area contributed by atoms with Gasteiger partial charge in [0.2, 0.25) is 0 Å². The largest absolute Gasteiger partial charge is 0.488 e. The number of hydrogen-bond donors (Lipinski definition) is 1. The Hall–Kier alpha value is -1.22. The van der Waals surface area contributed by atoms with E-state index < -0.39 is 0 Å². The molecule has 0 saturated carbocycles. The zero-order valence-electron chi connectivity index (χ0n) is 20.0. The summed E-state index contributed by atoms with van der Waals surface area (Å²) in [7, 11) is 0. The minimum Gasteiger partial charge on any atom is -0.488 e. The van der Waals surface area contributed by atoms with Gasteiger partial charge >= 0.3 is 0 Å². The molecule has 0 amide bonds. The molecule has 7 heteroatoms. The Morgan fingerprint density at radius 1 is 0.548 bits per heavy atom. The molecule has 0 aliphatic heterocycles. The van der Waals surface area contributed by atoms with Crippen molar-refractivity contribution in [3.05, 3.63) is 30.3 Å². The second-order valence-corrected chi connectivity index (χ2v) is 8.14. The van der Waals surface area contributed by atoms with Gasteiger partial charge in [-0.25, -0.2) is 0 Å². The van der Waals surface area contributed by atoms with Crippen molar-refractivity contribution in [2.24, 2.45) is 0 Å². The summed E-state index contributed by atoms with van der Waals surface area (Å²) in [6, 6.07) is 9.73. The molecule has 1 aromatic rings. The number of benzene rings is 1. The molecule has 6 unspecified atom stereocenters. The Morgan fingerprint density at radius 3 is 1.29 bits per heavy atom. The summed E-state index contributed by atoms with van der Waals surface area (Å²) < 4.78 is 34.4. The van der Waals surface area contributed by atoms with Crippen molar-refractivity contribution in [3.63, 3.8) is 0 Å². The lowest BCUT2D eigenvalue weighted by Crippen LogP contribution is -2.30. The third kappa shape index (κ3) is 14.5. The van der Waals surface area contributed by atoms with Crippen molar-refractivity contribution >= 4 is 0 Å². The SMILES string of the molecule is CC(CO)OCC(C)OCC(C)OCC(C)OCC(C)OCC(C)Oc1ccccc1. The standard InChI is InChI=1S/C24H42O7/c1-18(12-25)26-13-19(2)27-14-20(3)28-15-21(4)29-16-22(5)30-17-23(6)31-24-10-8-7-9-11-24/h7-11,18-23,25H,12-17H2,1-6H3. The lowest BCUT2D eigenvalue weighted by Gasteiger charge is -2.22. The quantitative estimate of drug-likeness (QED) is 0.373. The Labute approximate surface area is 187 Å². The molecule has 0 aliphatic rings. The molecule has 0 bridgehead atoms. The molecule has 0 spiro atoms. The van der Waals surface area contributed by atoms with Crippen LogP contribution in [0.4, 0.5) is 0 Å². The first-order chi connectivity index (χ1) is 14.8. The van der Waals surface area contributed by atoms with Crippen LogP contribution in [0.1, 0.15) is 41.5 Å². The molecule has 1 N–H and O–H groups in total. The van der Waals surface area contributed by atoms with Gasteiger partial charge in [0.25, 0.3) is 0 Å². The van der Waals surface area contributed by atoms with Crippen LogP contribution < -0.4 is 4.74 Å². The normalized spacial score (nSPS) is 17.5. The number of para-hydroxylation sites is 1. The molecule has 31 heavy (non-hydrogen) atoms. The molecule has 0 fully saturated rings. The molecule has 7 nitrogen and oxygen atoms in total. The van der Waals surface area contributed by atoms with Gasteiger partial charge in [-0.05, 0) is 53.7 Å². The Kier molecular flexibility index (Phi) is 14.7. The highest BCUT2D eigenvalue weighted by Gasteiger charge is 2.13. The fourth-order valence-corrected chi connectivity index (χ4v) is 2.51. The van der Waals surface area contributed by atoms with E-state index in [1.165, 1.54) is 0 Å². The van der Waals surface area contributed by atoms with Gasteiger partial charge in [-0.15, -0.1) is 0 Å². The third-order valence-electron chi connectivity index (χ3n) is 4.41. The van der Waals surface area contributed by atoms with Crippen LogP contribution >= 0.6 is 0 Å². The van der Waals surface area contributed by atoms with E-state index >= 15 is 0 Å². The van der Waals surface area contributed by atoms with Crippen molar-refractivity contribution in [2.75, 3.05) is 39.6 Å². The van der Waals surface area contributed by atoms with Crippen LogP contribution in [-0.4, -0.2) is 81.4 Å². The summed E-state index contributed by atoms with van der Waals surface area (Å²) in [6.45, 7) is 14.1. The highest BCUT2D eigenvalue weighted by Crippen LogP contribution is 2.11. The van der Waals surface area contributed by atoms with Crippen molar-refractivity contribution in [1.82, 2.24) is 0 Å². The van der Waals surface area contributed by atoms with Gasteiger partial charge in [-0.1, -0.05) is 18.2 Å². The molecule has 180 valence electrons. The van der Waals surface area contributed by atoms with Crippen LogP contribution in [-0.2, 0) is 23.7 Å². The zero-order valence-corrected chi connectivity index (χ0v) is 20.0. The van der Waals surface area contributed by atoms with E-state index in [-0.39, 0.29) is 43.2 Å². The summed E-state index contributed by atoms with van der Waals surface area (Å²) in [5, 5.41) is 8.96. The summed E-state index contributed by atoms with van der Waals surface area (Å²) >= 11 is 0. The topological polar surface area (TPSA) is 75.6 Å². The van der Waals surface area contributed by atoms with Crippen molar-refractivity contribution < 1.29 is 33.5 Å². The van der Waals surface area contributed by atoms with Gasteiger partial charge in [0.05, 0.1) is 70.2 Å². The molecule has 0 radical (unpaired) electrons. The average Bonchev–Trinajstić information content (AvgIpc) is 2.77. The van der Waals surface area contributed by atoms with E-state index in [4.69, 9.17) is 33.5 Å². The second kappa shape index (κ2) is 16.4. The Balaban J connectivity index is 2.08. The number of ether oxygens (including phenoxy) is 6. The predicted molar refractivity (Wildman–Crippen MR) is 121 cm³/mol. The van der Waals surface area contributed by atoms with Crippen LogP contribution in [0.15, 0.2) is 30.3 Å². The maximum atomic E-state index is 8.96. The average molecular weight is 443 g/mol. The maximum absolute atomic E-state index is 8.96. The van der Waals surface area contributed by atoms with Gasteiger partial charge in [0.1, 0.15) is 11.9 Å². The number of aliphatic hydroxyl groups is 1. The number of rotatable bonds is 18. The Bertz CT molecular complexity index is 542. The molecule has 1 aromatic carbocycles. The first-order valence-corrected chi connectivity index (χ1v) is 11.2. The monoisotopic (exact) mass is 442 g/mol. The van der Waals surface area contributed by atoms with Crippen molar-refractivity contribution in [2.45, 2.75) is 78.2 Å². The predicted octanol–water partition coefficient (Wildman–Crippen LogP) is 3.47. The summed E-state index contributed by atoms with van der Waals surface area (Å²) in [6.07, 6.45) is -0.395. The van der Waals surface area contributed by atoms with E-state index in [1.54, 1.807) is 0 Å². The minimum absolute atomic E-state index is 0.00820. The maximum Gasteiger partial charge on any atom is 0.119 e. The number of hydrogen-bond acceptors (Lipinski definition) is 7. The molecule has 0 aliphatic carbocycles. The van der Waals surface area contributed by atoms with Crippen LogP contribution in [0.25, 0.3) is 0 Å². The third-order valence-corrected chi connectivity index (χ3v) is 4.41. The Morgan fingerprint density at radius 2 is 0.903 bits per heavy atom. The lowest BCUT2D eigenvalue weighted by molar-refractivity contribution is -0.0997. The molecular weight excluding hydrogens is 400 g/mol. The van der Waals surface area contributed by atoms with Gasteiger partial charge in [0, 0.05) is 0 Å². The fraction of sp³-hybridized carbons (Fsp3) is 0.750. The van der Waals surface area contributed by atoms with E-state index in [1.807, 2.05) is 71.9 Å². The van der Waals surface area contributed by atoms with E-state index in [0.29, 0.717) is 33.0 Å². The molecule has 0 saturated heterocycles. The van der Waals surface area contributed by atoms with Gasteiger partial charge < -0.3 is 33.5 Å². The van der Waals surface area contributed by atoms with E-state index in [9.17, 15) is 0 Å². The highest BCUT2D eigenvalue weighted by atomic mass is 16.6. The van der Waals surface area contributed by atoms with Gasteiger partial charge in [-0.2, -0.15) is 0 Å². The first-order valence-electron chi connectivity index (χ1n) is 11.2. The molecule has 0 aromatic heterocycles. The minimum atomic E-state index is -0.177. The molecule has 1 rings (SSSR count). The molecule has 6 atom stereocenters. The highest BCUT2D eigenvalue weighted by molar-refractivity contribution is 5.21. The van der Waals surface area contributed by atoms with Crippen molar-refractivity contribution in [3.8, 4) is 5.75 Å². The molecular formula is C24H42O7. The van der Waals surface area contributed by atoms with E-state index in [0.717, 1.165) is 5.75 Å². The fourth-order valence-electron chi connectivity index (χ4n) is 2.51. The van der Waals surface area contributed by atoms with E-state index in [2.05, 4.69) is 0 Å². The lowest BCUT2D eigenvalue weighted by atomic mass is 10.3. The molecule has 0 heterocycles. The van der Waals surface area contributed by atoms with Crippen molar-refractivity contribution in [1.29, 1.82) is 0 Å². The van der Waals surface area contributed by atoms with Crippen LogP contribution in [0.2, 0.25) is 0 Å². The first kappa shape index (κ1) is 27.8. The zero-order chi connectivity index (χ0) is 23.1. The van der Waals surface area contributed by atoms with Crippen LogP contribution in [0.3, 0.4) is 0 Å². The second-order valence-electron chi connectivity index (χ2n) is 8.14. The van der Waals surface area contributed by atoms with Crippen LogP contribution in [0, 0.1) is 0 Å². The van der Waals surface area contributed by atoms with Gasteiger partial charge in [0.15, 0.2) is 0 Å². The van der Waals surface area contributed by atoms with Crippen LogP contribution in [0.5, 0.6) is 5.75 Å².